The minimum atomic E-state index is -1.76. The predicted octanol–water partition coefficient (Wildman–Crippen LogP) is 0.356. The van der Waals surface area contributed by atoms with E-state index in [0.717, 1.165) is 0 Å². The maximum atomic E-state index is 11.7. The Morgan fingerprint density at radius 2 is 2.12 bits per heavy atom. The van der Waals surface area contributed by atoms with E-state index in [4.69, 9.17) is 9.47 Å². The minimum absolute atomic E-state index is 0.0499. The van der Waals surface area contributed by atoms with E-state index >= 15 is 0 Å². The van der Waals surface area contributed by atoms with E-state index in [1.165, 1.54) is 20.4 Å². The Bertz CT molecular complexity index is 454. The number of hydrogen-bond donors (Lipinski definition) is 1. The highest BCUT2D eigenvalue weighted by Crippen LogP contribution is 2.43. The number of ketones is 1. The van der Waals surface area contributed by atoms with Crippen LogP contribution in [0, 0.1) is 0 Å². The number of pyridine rings is 1. The number of nitrogens with zero attached hydrogens (tertiary/aromatic N) is 1. The molecular weight excluding hydrogens is 210 g/mol. The second-order valence-electron chi connectivity index (χ2n) is 3.35. The number of carbonyl (C=O) groups is 1. The highest BCUT2D eigenvalue weighted by Gasteiger charge is 2.57. The van der Waals surface area contributed by atoms with Gasteiger partial charge in [-0.3, -0.25) is 9.78 Å². The summed E-state index contributed by atoms with van der Waals surface area (Å²) in [4.78, 5) is 15.6. The quantitative estimate of drug-likeness (QED) is 0.797. The molecule has 1 aliphatic carbocycles. The Kier molecular flexibility index (Phi) is 2.40. The topological polar surface area (TPSA) is 68.7 Å². The van der Waals surface area contributed by atoms with Gasteiger partial charge in [-0.05, 0) is 6.07 Å². The fourth-order valence-electron chi connectivity index (χ4n) is 1.74. The molecule has 0 spiro atoms. The van der Waals surface area contributed by atoms with Crippen molar-refractivity contribution >= 4 is 5.78 Å². The van der Waals surface area contributed by atoms with Gasteiger partial charge in [-0.15, -0.1) is 0 Å². The number of carbonyl (C=O) groups excluding carboxylic acids is 1. The summed E-state index contributed by atoms with van der Waals surface area (Å²) in [6, 6.07) is 3.25. The van der Waals surface area contributed by atoms with Crippen molar-refractivity contribution in [3.8, 4) is 0 Å². The average Bonchev–Trinajstić information content (AvgIpc) is 2.35. The molecule has 1 unspecified atom stereocenters. The van der Waals surface area contributed by atoms with Gasteiger partial charge in [-0.1, -0.05) is 6.07 Å². The van der Waals surface area contributed by atoms with Crippen molar-refractivity contribution in [2.75, 3.05) is 14.2 Å². The summed E-state index contributed by atoms with van der Waals surface area (Å²) in [5.74, 6) is -0.346. The summed E-state index contributed by atoms with van der Waals surface area (Å²) in [7, 11) is 2.73. The van der Waals surface area contributed by atoms with Crippen molar-refractivity contribution in [2.45, 2.75) is 5.60 Å². The third-order valence-corrected chi connectivity index (χ3v) is 2.56. The molecule has 0 bridgehead atoms. The SMILES string of the molecule is COC1=C(OC)C(O)(c2cccnc2)C1=O. The third-order valence-electron chi connectivity index (χ3n) is 2.56. The van der Waals surface area contributed by atoms with Gasteiger partial charge in [0.15, 0.2) is 5.76 Å². The normalized spacial score (nSPS) is 24.1. The molecule has 0 saturated carbocycles. The molecule has 1 aliphatic rings. The molecule has 1 aromatic rings. The van der Waals surface area contributed by atoms with E-state index in [0.29, 0.717) is 5.56 Å². The summed E-state index contributed by atoms with van der Waals surface area (Å²) in [5, 5.41) is 10.3. The first-order valence-electron chi connectivity index (χ1n) is 4.66. The van der Waals surface area contributed by atoms with Crippen LogP contribution >= 0.6 is 0 Å². The van der Waals surface area contributed by atoms with Crippen LogP contribution in [0.1, 0.15) is 5.56 Å². The number of methoxy groups -OCH3 is 2. The zero-order valence-electron chi connectivity index (χ0n) is 8.93. The molecule has 0 amide bonds. The molecule has 16 heavy (non-hydrogen) atoms. The lowest BCUT2D eigenvalue weighted by Crippen LogP contribution is -2.49. The Balaban J connectivity index is 2.50. The summed E-state index contributed by atoms with van der Waals surface area (Å²) in [6.45, 7) is 0. The van der Waals surface area contributed by atoms with Crippen LogP contribution in [-0.2, 0) is 19.9 Å². The molecule has 1 atom stereocenters. The summed E-state index contributed by atoms with van der Waals surface area (Å²) < 4.78 is 9.83. The van der Waals surface area contributed by atoms with Gasteiger partial charge in [-0.2, -0.15) is 0 Å². The van der Waals surface area contributed by atoms with E-state index < -0.39 is 11.4 Å². The molecule has 1 heterocycles. The van der Waals surface area contributed by atoms with E-state index in [-0.39, 0.29) is 11.5 Å². The number of hydrogen-bond acceptors (Lipinski definition) is 5. The van der Waals surface area contributed by atoms with Crippen molar-refractivity contribution in [3.63, 3.8) is 0 Å². The molecular formula is C11H11NO4. The highest BCUT2D eigenvalue weighted by atomic mass is 16.5. The molecule has 1 aromatic heterocycles. The summed E-state index contributed by atoms with van der Waals surface area (Å²) >= 11 is 0. The first-order chi connectivity index (χ1) is 7.66. The molecule has 2 rings (SSSR count). The van der Waals surface area contributed by atoms with Gasteiger partial charge in [0.05, 0.1) is 14.2 Å². The molecule has 0 fully saturated rings. The van der Waals surface area contributed by atoms with Gasteiger partial charge in [0.1, 0.15) is 0 Å². The zero-order chi connectivity index (χ0) is 11.8. The van der Waals surface area contributed by atoms with Crippen molar-refractivity contribution in [1.29, 1.82) is 0 Å². The fourth-order valence-corrected chi connectivity index (χ4v) is 1.74. The summed E-state index contributed by atoms with van der Waals surface area (Å²) in [6.07, 6.45) is 2.98. The van der Waals surface area contributed by atoms with Crippen molar-refractivity contribution in [3.05, 3.63) is 41.6 Å². The number of aromatic nitrogens is 1. The second kappa shape index (κ2) is 3.61. The van der Waals surface area contributed by atoms with Gasteiger partial charge >= 0.3 is 0 Å². The Hall–Kier alpha value is -1.88. The summed E-state index contributed by atoms with van der Waals surface area (Å²) in [5.41, 5.74) is -1.38. The molecule has 0 saturated heterocycles. The van der Waals surface area contributed by atoms with Gasteiger partial charge in [0.2, 0.25) is 17.1 Å². The molecule has 0 aliphatic heterocycles. The monoisotopic (exact) mass is 221 g/mol. The van der Waals surface area contributed by atoms with E-state index in [1.54, 1.807) is 18.3 Å². The highest BCUT2D eigenvalue weighted by molar-refractivity contribution is 6.10. The van der Waals surface area contributed by atoms with Crippen LogP contribution in [0.5, 0.6) is 0 Å². The molecule has 5 heteroatoms. The van der Waals surface area contributed by atoms with Crippen LogP contribution in [0.4, 0.5) is 0 Å². The number of ether oxygens (including phenoxy) is 2. The van der Waals surface area contributed by atoms with Crippen LogP contribution < -0.4 is 0 Å². The van der Waals surface area contributed by atoms with Crippen molar-refractivity contribution < 1.29 is 19.4 Å². The van der Waals surface area contributed by atoms with Crippen molar-refractivity contribution in [1.82, 2.24) is 4.98 Å². The second-order valence-corrected chi connectivity index (χ2v) is 3.35. The smallest absolute Gasteiger partial charge is 0.245 e. The molecule has 1 N–H and O–H groups in total. The van der Waals surface area contributed by atoms with Crippen LogP contribution in [0.3, 0.4) is 0 Å². The predicted molar refractivity (Wildman–Crippen MR) is 54.2 cm³/mol. The number of rotatable bonds is 3. The Morgan fingerprint density at radius 3 is 2.62 bits per heavy atom. The lowest BCUT2D eigenvalue weighted by Gasteiger charge is -2.36. The average molecular weight is 221 g/mol. The van der Waals surface area contributed by atoms with Crippen LogP contribution in [-0.4, -0.2) is 30.1 Å². The molecule has 5 nitrogen and oxygen atoms in total. The third kappa shape index (κ3) is 1.15. The van der Waals surface area contributed by atoms with Gasteiger partial charge < -0.3 is 14.6 Å². The van der Waals surface area contributed by atoms with E-state index in [2.05, 4.69) is 4.98 Å². The molecule has 0 radical (unpaired) electrons. The van der Waals surface area contributed by atoms with Gasteiger partial charge in [-0.25, -0.2) is 0 Å². The van der Waals surface area contributed by atoms with Crippen LogP contribution in [0.2, 0.25) is 0 Å². The Labute approximate surface area is 92.3 Å². The fraction of sp³-hybridized carbons (Fsp3) is 0.273. The Morgan fingerprint density at radius 1 is 1.38 bits per heavy atom. The molecule has 84 valence electrons. The van der Waals surface area contributed by atoms with E-state index in [1.807, 2.05) is 0 Å². The van der Waals surface area contributed by atoms with E-state index in [9.17, 15) is 9.90 Å². The van der Waals surface area contributed by atoms with Crippen molar-refractivity contribution in [2.24, 2.45) is 0 Å². The maximum Gasteiger partial charge on any atom is 0.245 e. The largest absolute Gasteiger partial charge is 0.493 e. The molecule has 0 aromatic carbocycles. The zero-order valence-corrected chi connectivity index (χ0v) is 8.93. The number of aliphatic hydroxyl groups is 1. The van der Waals surface area contributed by atoms with Crippen LogP contribution in [0.25, 0.3) is 0 Å². The number of Topliss-reactive ketones (excluding diaryl/α,β-unsaturated/α-hetero) is 1. The standard InChI is InChI=1S/C11H11NO4/c1-15-8-9(13)11(14,10(8)16-2)7-4-3-5-12-6-7/h3-6,14H,1-2H3. The lowest BCUT2D eigenvalue weighted by atomic mass is 9.78. The van der Waals surface area contributed by atoms with Crippen LogP contribution in [0.15, 0.2) is 36.0 Å². The first-order valence-corrected chi connectivity index (χ1v) is 4.66. The maximum absolute atomic E-state index is 11.7. The first kappa shape index (κ1) is 10.6. The minimum Gasteiger partial charge on any atom is -0.493 e. The lowest BCUT2D eigenvalue weighted by molar-refractivity contribution is -0.146. The van der Waals surface area contributed by atoms with Gasteiger partial charge in [0.25, 0.3) is 0 Å². The van der Waals surface area contributed by atoms with Gasteiger partial charge in [0, 0.05) is 18.0 Å².